The van der Waals surface area contributed by atoms with Gasteiger partial charge >= 0.3 is 0 Å². The smallest absolute Gasteiger partial charge is 0.257 e. The summed E-state index contributed by atoms with van der Waals surface area (Å²) in [6, 6.07) is -0.0690. The lowest BCUT2D eigenvalue weighted by Gasteiger charge is -2.31. The zero-order valence-electron chi connectivity index (χ0n) is 59.6. The van der Waals surface area contributed by atoms with E-state index < -0.39 is 148 Å². The first-order valence-electron chi connectivity index (χ1n) is 35.8. The van der Waals surface area contributed by atoms with Crippen molar-refractivity contribution in [2.75, 3.05) is 43.6 Å². The predicted molar refractivity (Wildman–Crippen MR) is 405 cm³/mol. The number of amides is 12. The van der Waals surface area contributed by atoms with Crippen molar-refractivity contribution in [3.05, 3.63) is 108 Å². The van der Waals surface area contributed by atoms with Gasteiger partial charge in [-0.05, 0) is 121 Å². The van der Waals surface area contributed by atoms with E-state index in [9.17, 15) is 19.2 Å². The Labute approximate surface area is 630 Å². The van der Waals surface area contributed by atoms with E-state index in [0.717, 1.165) is 10.8 Å². The van der Waals surface area contributed by atoms with Crippen LogP contribution < -0.4 is 87.2 Å². The third kappa shape index (κ3) is 25.5. The Morgan fingerprint density at radius 3 is 1.46 bits per heavy atom. The Kier molecular flexibility index (Phi) is 33.0. The summed E-state index contributed by atoms with van der Waals surface area (Å²) in [7, 11) is 1.52. The second-order valence-corrected chi connectivity index (χ2v) is 29.9. The summed E-state index contributed by atoms with van der Waals surface area (Å²) in [5.74, 6) is -11.2. The van der Waals surface area contributed by atoms with Crippen LogP contribution in [0, 0.1) is 0 Å². The molecule has 0 saturated carbocycles. The number of nitrogens with zero attached hydrogens (tertiary/aromatic N) is 4. The molecule has 2 bridgehead atoms. The normalized spacial score (nSPS) is 24.8. The number of H-pyrrole nitrogens is 3. The van der Waals surface area contributed by atoms with Crippen LogP contribution in [0.25, 0.3) is 10.9 Å². The number of rotatable bonds is 25. The van der Waals surface area contributed by atoms with E-state index in [-0.39, 0.29) is 102 Å². The van der Waals surface area contributed by atoms with Gasteiger partial charge in [-0.3, -0.25) is 62.5 Å². The van der Waals surface area contributed by atoms with Gasteiger partial charge in [-0.2, -0.15) is 0 Å². The minimum Gasteiger partial charge on any atom is -0.370 e. The topological polar surface area (TPSA) is 556 Å². The van der Waals surface area contributed by atoms with Gasteiger partial charge in [0.25, 0.3) is 5.91 Å². The molecule has 5 aromatic rings. The minimum atomic E-state index is -1.70. The van der Waals surface area contributed by atoms with Crippen molar-refractivity contribution in [3.8, 4) is 0 Å². The lowest BCUT2D eigenvalue weighted by Crippen LogP contribution is -2.62. The molecule has 3 aromatic heterocycles. The molecule has 580 valence electrons. The minimum absolute atomic E-state index is 0.0104. The Morgan fingerprint density at radius 2 is 0.935 bits per heavy atom. The van der Waals surface area contributed by atoms with Crippen LogP contribution in [0.2, 0.25) is 0 Å². The number of carbonyl (C=O) groups is 12. The second-order valence-electron chi connectivity index (χ2n) is 26.3. The number of thioether (sulfide) groups is 1. The fraction of sp³-hybridized carbons (Fsp3) is 0.522. The molecule has 3 aliphatic heterocycles. The number of hydrogen-bond acceptors (Lipinski definition) is 21. The molecule has 107 heavy (non-hydrogen) atoms. The number of unbranched alkanes of at least 4 members (excludes halogenated alkanes) is 4. The molecule has 12 atom stereocenters. The maximum absolute atomic E-state index is 15.7. The summed E-state index contributed by atoms with van der Waals surface area (Å²) < 4.78 is 0. The fourth-order valence-electron chi connectivity index (χ4n) is 12.3. The summed E-state index contributed by atoms with van der Waals surface area (Å²) in [6.07, 6.45) is 9.19. The molecule has 24 N–H and O–H groups in total. The highest BCUT2D eigenvalue weighted by molar-refractivity contribution is 8.77. The average Bonchev–Trinajstić information content (AvgIpc) is 1.72. The van der Waals surface area contributed by atoms with E-state index >= 15 is 38.4 Å². The number of fused-ring (bicyclic) bond motifs is 6. The average molecular weight is 1540 g/mol. The number of hydrogen-bond donors (Lipinski definition) is 19. The van der Waals surface area contributed by atoms with Crippen molar-refractivity contribution in [1.29, 1.82) is 0 Å². The zero-order chi connectivity index (χ0) is 76.8. The molecular weight excluding hydrogens is 1440 g/mol. The first-order valence-corrected chi connectivity index (χ1v) is 39.4. The molecule has 0 radical (unpaired) electrons. The molecule has 35 nitrogen and oxygen atoms in total. The number of aliphatic imine (C=N–C) groups is 1. The molecule has 6 heterocycles. The van der Waals surface area contributed by atoms with E-state index in [1.54, 1.807) is 60.8 Å². The maximum Gasteiger partial charge on any atom is 0.257 e. The number of imidazole rings is 2. The number of benzene rings is 2. The molecule has 2 aromatic carbocycles. The van der Waals surface area contributed by atoms with E-state index in [1.807, 2.05) is 0 Å². The summed E-state index contributed by atoms with van der Waals surface area (Å²) in [4.78, 5) is 204. The zero-order valence-corrected chi connectivity index (χ0v) is 62.0. The third-order valence-electron chi connectivity index (χ3n) is 18.2. The number of aromatic nitrogens is 5. The summed E-state index contributed by atoms with van der Waals surface area (Å²) in [5.41, 5.74) is 31.6. The number of para-hydroxylation sites is 1. The highest BCUT2D eigenvalue weighted by atomic mass is 33.1. The largest absolute Gasteiger partial charge is 0.370 e. The number of nitrogens with one attached hydrogen (secondary N) is 14. The van der Waals surface area contributed by atoms with E-state index in [0.29, 0.717) is 89.2 Å². The SMILES string of the molecule is C[C@@H]1NC(=O)[C@@H]2CSS[C@H](NC(=O)[C@H](CCCCN=C(N)N)NC(=O)[C@H](CCCCN)NC(=O)[C@H](CCCCN)NC(=O)[C@H](CCCCN)NC1=O)C(=O)N1CSC[C@H]1C(=O)N[C@@H](Cc1cnc[nH]1)C(=O)N[C@H](Cc1ccccc1)C(=O)N[C@@H](Cc1cnc[nH]1)C(=O)N[C@@H](Cc1c[nH]c3ccccc13)C(=O)N2. The number of carbonyl (C=O) groups excluding carboxylic acids is 12. The molecule has 8 rings (SSSR count). The molecule has 3 fully saturated rings. The first kappa shape index (κ1) is 82.9. The van der Waals surface area contributed by atoms with Crippen LogP contribution in [0.4, 0.5) is 0 Å². The summed E-state index contributed by atoms with van der Waals surface area (Å²) in [6.45, 7) is 2.17. The van der Waals surface area contributed by atoms with Gasteiger partial charge in [0, 0.05) is 84.6 Å². The van der Waals surface area contributed by atoms with Crippen molar-refractivity contribution in [2.45, 2.75) is 181 Å². The number of guanidine groups is 1. The van der Waals surface area contributed by atoms with Gasteiger partial charge in [-0.25, -0.2) is 9.97 Å². The van der Waals surface area contributed by atoms with Crippen molar-refractivity contribution in [1.82, 2.24) is 88.3 Å². The van der Waals surface area contributed by atoms with E-state index in [1.165, 1.54) is 48.6 Å². The van der Waals surface area contributed by atoms with Crippen LogP contribution in [-0.4, -0.2) is 222 Å². The standard InChI is InChI=1S/C69H99N23O12S3/c1-39-56(93)82-46(19-7-11-23-70)57(94)83-47(20-8-12-24-71)58(95)84-48(21-9-13-25-72)59(96)85-49(22-10-14-26-77-69(73)74)60(97)91-67-68(104)92-38-105-35-55(92)66(103)89-53(30-43-33-76-37-80-43)64(101)86-50(27-40-15-3-2-4-16-40)61(98)88-52(29-42-32-75-36-79-42)63(100)87-51(28-41-31-78-45-18-6-5-17-44(41)45)62(99)90-54(34-106-107-67)65(102)81-39/h2-6,15-18,31-33,36-37,39,46-55,67,78H,7-14,19-30,34-35,38,70-72H2,1H3,(H,75,79)(H,76,80)(H,81,102)(H,82,93)(H,83,94)(H,84,95)(H,85,96)(H,86,101)(H,87,100)(H,88,98)(H,89,103)(H,90,99)(H,91,97)(H4,73,74,77)/t39-,46-,47-,48-,49-,50+,51-,52-,53-,54-,55-,67-/m0/s1. The van der Waals surface area contributed by atoms with Crippen LogP contribution in [-0.2, 0) is 83.2 Å². The van der Waals surface area contributed by atoms with Crippen molar-refractivity contribution in [2.24, 2.45) is 33.7 Å². The molecule has 38 heteroatoms. The van der Waals surface area contributed by atoms with Crippen LogP contribution in [0.5, 0.6) is 0 Å². The Bertz CT molecular complexity index is 3830. The Hall–Kier alpha value is -9.76. The monoisotopic (exact) mass is 1540 g/mol. The quantitative estimate of drug-likeness (QED) is 0.0123. The first-order chi connectivity index (χ1) is 51.6. The molecule has 3 saturated heterocycles. The number of nitrogens with two attached hydrogens (primary N) is 5. The van der Waals surface area contributed by atoms with Gasteiger partial charge in [0.1, 0.15) is 66.5 Å². The van der Waals surface area contributed by atoms with E-state index in [4.69, 9.17) is 28.7 Å². The van der Waals surface area contributed by atoms with Crippen molar-refractivity contribution in [3.63, 3.8) is 0 Å². The van der Waals surface area contributed by atoms with Crippen LogP contribution in [0.1, 0.15) is 106 Å². The molecule has 12 amide bonds. The molecular formula is C69H99N23O12S3. The predicted octanol–water partition coefficient (Wildman–Crippen LogP) is -2.66. The van der Waals surface area contributed by atoms with Crippen LogP contribution in [0.3, 0.4) is 0 Å². The molecule has 0 spiro atoms. The van der Waals surface area contributed by atoms with E-state index in [2.05, 4.69) is 88.4 Å². The van der Waals surface area contributed by atoms with Gasteiger partial charge in [-0.1, -0.05) is 70.1 Å². The molecule has 3 aliphatic rings. The van der Waals surface area contributed by atoms with Gasteiger partial charge < -0.3 is 107 Å². The lowest BCUT2D eigenvalue weighted by atomic mass is 10.0. The molecule has 0 aliphatic carbocycles. The van der Waals surface area contributed by atoms with Gasteiger partial charge in [0.15, 0.2) is 11.3 Å². The van der Waals surface area contributed by atoms with Crippen molar-refractivity contribution < 1.29 is 57.5 Å². The fourth-order valence-corrected chi connectivity index (χ4v) is 15.8. The van der Waals surface area contributed by atoms with Crippen LogP contribution >= 0.6 is 33.3 Å². The van der Waals surface area contributed by atoms with Gasteiger partial charge in [0.05, 0.1) is 18.5 Å². The number of aromatic amines is 3. The van der Waals surface area contributed by atoms with Crippen LogP contribution in [0.15, 0.2) is 90.8 Å². The third-order valence-corrected chi connectivity index (χ3v) is 21.7. The maximum atomic E-state index is 15.7. The summed E-state index contributed by atoms with van der Waals surface area (Å²) >= 11 is 1.18. The highest BCUT2D eigenvalue weighted by Crippen LogP contribution is 2.32. The Morgan fingerprint density at radius 1 is 0.477 bits per heavy atom. The highest BCUT2D eigenvalue weighted by Gasteiger charge is 2.43. The van der Waals surface area contributed by atoms with Gasteiger partial charge in [-0.15, -0.1) is 11.8 Å². The Balaban J connectivity index is 1.27. The molecule has 0 unspecified atom stereocenters. The summed E-state index contributed by atoms with van der Waals surface area (Å²) in [5, 5.41) is 29.6. The second kappa shape index (κ2) is 42.5. The lowest BCUT2D eigenvalue weighted by molar-refractivity contribution is -0.140. The van der Waals surface area contributed by atoms with Gasteiger partial charge in [0.2, 0.25) is 65.0 Å². The van der Waals surface area contributed by atoms with Crippen molar-refractivity contribution >= 4 is 121 Å².